The van der Waals surface area contributed by atoms with E-state index in [4.69, 9.17) is 16.3 Å². The van der Waals surface area contributed by atoms with Crippen molar-refractivity contribution < 1.29 is 4.74 Å². The summed E-state index contributed by atoms with van der Waals surface area (Å²) in [5, 5.41) is -0.0326. The van der Waals surface area contributed by atoms with Crippen LogP contribution in [0.5, 0.6) is 0 Å². The van der Waals surface area contributed by atoms with Gasteiger partial charge in [-0.1, -0.05) is 12.2 Å². The zero-order valence-corrected chi connectivity index (χ0v) is 9.41. The summed E-state index contributed by atoms with van der Waals surface area (Å²) in [6, 6.07) is 0. The molecule has 2 aliphatic rings. The Morgan fingerprint density at radius 1 is 1.33 bits per heavy atom. The molecule has 0 aromatic heterocycles. The number of ether oxygens (including phenoxy) is 1. The Bertz CT molecular complexity index is 314. The lowest BCUT2D eigenvalue weighted by Gasteiger charge is -2.24. The van der Waals surface area contributed by atoms with Crippen LogP contribution in [-0.4, -0.2) is 41.5 Å². The maximum Gasteiger partial charge on any atom is 0.212 e. The summed E-state index contributed by atoms with van der Waals surface area (Å²) >= 11 is 6.20. The fraction of sp³-hybridized carbons (Fsp3) is 0.455. The molecule has 2 aliphatic heterocycles. The van der Waals surface area contributed by atoms with Gasteiger partial charge in [0.05, 0.1) is 12.4 Å². The van der Waals surface area contributed by atoms with Crippen LogP contribution in [0.4, 0.5) is 0 Å². The van der Waals surface area contributed by atoms with Crippen molar-refractivity contribution in [1.82, 2.24) is 9.80 Å². The van der Waals surface area contributed by atoms with Gasteiger partial charge in [-0.15, -0.1) is 24.8 Å². The van der Waals surface area contributed by atoms with Gasteiger partial charge < -0.3 is 14.5 Å². The summed E-state index contributed by atoms with van der Waals surface area (Å²) in [5.41, 5.74) is 1.10. The van der Waals surface area contributed by atoms with Crippen molar-refractivity contribution in [2.75, 3.05) is 26.4 Å². The van der Waals surface area contributed by atoms with E-state index in [2.05, 4.69) is 23.0 Å². The number of rotatable bonds is 4. The molecule has 3 nitrogen and oxygen atoms in total. The van der Waals surface area contributed by atoms with Gasteiger partial charge in [-0.2, -0.15) is 0 Å². The summed E-state index contributed by atoms with van der Waals surface area (Å²) < 4.78 is 5.58. The van der Waals surface area contributed by atoms with Crippen LogP contribution in [0.25, 0.3) is 0 Å². The molecule has 2 heterocycles. The zero-order valence-electron chi connectivity index (χ0n) is 8.66. The molecular formula is C11H15ClN2O. The van der Waals surface area contributed by atoms with Gasteiger partial charge >= 0.3 is 0 Å². The highest BCUT2D eigenvalue weighted by atomic mass is 35.5. The highest BCUT2D eigenvalue weighted by Crippen LogP contribution is 2.34. The second-order valence-electron chi connectivity index (χ2n) is 3.63. The third-order valence-electron chi connectivity index (χ3n) is 2.55. The van der Waals surface area contributed by atoms with Gasteiger partial charge in [-0.05, 0) is 0 Å². The van der Waals surface area contributed by atoms with Crippen LogP contribution in [0.3, 0.4) is 0 Å². The molecule has 82 valence electrons. The first kappa shape index (κ1) is 10.4. The highest BCUT2D eigenvalue weighted by Gasteiger charge is 2.38. The van der Waals surface area contributed by atoms with E-state index in [1.807, 2.05) is 12.2 Å². The fourth-order valence-electron chi connectivity index (χ4n) is 1.98. The standard InChI is InChI=1S/C11H15ClN2O/c1-3-5-13-8-14(6-4-2)11-10(13)9(12)7-15-11/h3-4,9H,1-2,5-8H2. The van der Waals surface area contributed by atoms with Crippen LogP contribution < -0.4 is 0 Å². The van der Waals surface area contributed by atoms with Crippen molar-refractivity contribution in [3.05, 3.63) is 36.9 Å². The lowest BCUT2D eigenvalue weighted by Crippen LogP contribution is -2.32. The number of hydrogen-bond acceptors (Lipinski definition) is 3. The van der Waals surface area contributed by atoms with Crippen LogP contribution in [0.2, 0.25) is 0 Å². The van der Waals surface area contributed by atoms with E-state index < -0.39 is 0 Å². The van der Waals surface area contributed by atoms with Crippen molar-refractivity contribution in [1.29, 1.82) is 0 Å². The van der Waals surface area contributed by atoms with Crippen LogP contribution in [0.15, 0.2) is 36.9 Å². The molecule has 15 heavy (non-hydrogen) atoms. The first-order valence-electron chi connectivity index (χ1n) is 5.00. The second kappa shape index (κ2) is 4.19. The third-order valence-corrected chi connectivity index (χ3v) is 2.88. The summed E-state index contributed by atoms with van der Waals surface area (Å²) in [5.74, 6) is 0.914. The Hall–Kier alpha value is -1.09. The fourth-order valence-corrected chi connectivity index (χ4v) is 2.27. The number of halogens is 1. The number of nitrogens with zero attached hydrogens (tertiary/aromatic N) is 2. The average Bonchev–Trinajstić information content (AvgIpc) is 2.72. The van der Waals surface area contributed by atoms with E-state index in [0.717, 1.165) is 31.3 Å². The van der Waals surface area contributed by atoms with Crippen LogP contribution in [0.1, 0.15) is 0 Å². The lowest BCUT2D eigenvalue weighted by molar-refractivity contribution is 0.130. The maximum absolute atomic E-state index is 6.20. The van der Waals surface area contributed by atoms with Gasteiger partial charge in [0.15, 0.2) is 0 Å². The Labute approximate surface area is 95.2 Å². The SMILES string of the molecule is C=CCN1CN(CC=C)C2=C1OCC2Cl. The second-order valence-corrected chi connectivity index (χ2v) is 4.16. The molecule has 0 aliphatic carbocycles. The predicted molar refractivity (Wildman–Crippen MR) is 61.3 cm³/mol. The number of hydrogen-bond donors (Lipinski definition) is 0. The van der Waals surface area contributed by atoms with Gasteiger partial charge in [-0.3, -0.25) is 0 Å². The molecule has 0 aromatic rings. The molecule has 0 spiro atoms. The van der Waals surface area contributed by atoms with Crippen LogP contribution in [0, 0.1) is 0 Å². The molecule has 0 radical (unpaired) electrons. The van der Waals surface area contributed by atoms with Crippen molar-refractivity contribution in [3.63, 3.8) is 0 Å². The highest BCUT2D eigenvalue weighted by molar-refractivity contribution is 6.22. The van der Waals surface area contributed by atoms with Crippen molar-refractivity contribution in [2.24, 2.45) is 0 Å². The van der Waals surface area contributed by atoms with Gasteiger partial charge in [-0.25, -0.2) is 0 Å². The molecule has 0 amide bonds. The first-order valence-corrected chi connectivity index (χ1v) is 5.44. The van der Waals surface area contributed by atoms with Gasteiger partial charge in [0.2, 0.25) is 5.88 Å². The monoisotopic (exact) mass is 226 g/mol. The minimum absolute atomic E-state index is 0.0326. The molecule has 0 fully saturated rings. The summed E-state index contributed by atoms with van der Waals surface area (Å²) in [4.78, 5) is 4.32. The van der Waals surface area contributed by atoms with E-state index in [1.54, 1.807) is 0 Å². The molecule has 4 heteroatoms. The Morgan fingerprint density at radius 2 is 2.00 bits per heavy atom. The molecular weight excluding hydrogens is 212 g/mol. The molecule has 1 unspecified atom stereocenters. The number of alkyl halides is 1. The zero-order chi connectivity index (χ0) is 10.8. The topological polar surface area (TPSA) is 15.7 Å². The molecule has 0 saturated heterocycles. The lowest BCUT2D eigenvalue weighted by atomic mass is 10.3. The van der Waals surface area contributed by atoms with Crippen LogP contribution in [-0.2, 0) is 4.74 Å². The van der Waals surface area contributed by atoms with E-state index in [9.17, 15) is 0 Å². The summed E-state index contributed by atoms with van der Waals surface area (Å²) in [6.45, 7) is 10.5. The van der Waals surface area contributed by atoms with E-state index >= 15 is 0 Å². The van der Waals surface area contributed by atoms with Crippen LogP contribution >= 0.6 is 11.6 Å². The van der Waals surface area contributed by atoms with Crippen molar-refractivity contribution in [3.8, 4) is 0 Å². The largest absolute Gasteiger partial charge is 0.476 e. The van der Waals surface area contributed by atoms with Crippen molar-refractivity contribution >= 4 is 11.6 Å². The first-order chi connectivity index (χ1) is 7.27. The molecule has 2 rings (SSSR count). The molecule has 0 aromatic carbocycles. The van der Waals surface area contributed by atoms with E-state index in [-0.39, 0.29) is 5.38 Å². The average molecular weight is 227 g/mol. The van der Waals surface area contributed by atoms with Crippen molar-refractivity contribution in [2.45, 2.75) is 5.38 Å². The van der Waals surface area contributed by atoms with Gasteiger partial charge in [0.1, 0.15) is 12.0 Å². The molecule has 1 atom stereocenters. The normalized spacial score (nSPS) is 24.2. The molecule has 0 saturated carbocycles. The summed E-state index contributed by atoms with van der Waals surface area (Å²) in [7, 11) is 0. The smallest absolute Gasteiger partial charge is 0.212 e. The Morgan fingerprint density at radius 3 is 2.67 bits per heavy atom. The minimum Gasteiger partial charge on any atom is -0.476 e. The maximum atomic E-state index is 6.20. The summed E-state index contributed by atoms with van der Waals surface area (Å²) in [6.07, 6.45) is 3.75. The molecule has 0 N–H and O–H groups in total. The Balaban J connectivity index is 2.19. The van der Waals surface area contributed by atoms with Gasteiger partial charge in [0.25, 0.3) is 0 Å². The third kappa shape index (κ3) is 1.72. The molecule has 0 bridgehead atoms. The quantitative estimate of drug-likeness (QED) is 0.537. The Kier molecular flexibility index (Phi) is 2.91. The van der Waals surface area contributed by atoms with E-state index in [1.165, 1.54) is 0 Å². The van der Waals surface area contributed by atoms with Gasteiger partial charge in [0, 0.05) is 13.1 Å². The van der Waals surface area contributed by atoms with E-state index in [0.29, 0.717) is 6.61 Å². The predicted octanol–water partition coefficient (Wildman–Crippen LogP) is 1.74. The minimum atomic E-state index is -0.0326.